The summed E-state index contributed by atoms with van der Waals surface area (Å²) in [4.78, 5) is 0.277. The molecule has 0 radical (unpaired) electrons. The highest BCUT2D eigenvalue weighted by molar-refractivity contribution is 7.89. The lowest BCUT2D eigenvalue weighted by molar-refractivity contribution is 0.561. The Bertz CT molecular complexity index is 636. The molecule has 0 aliphatic rings. The number of benzene rings is 1. The summed E-state index contributed by atoms with van der Waals surface area (Å²) in [6, 6.07) is 8.72. The molecule has 7 heteroatoms. The van der Waals surface area contributed by atoms with Crippen LogP contribution in [-0.2, 0) is 23.0 Å². The fraction of sp³-hybridized carbons (Fsp3) is 0.357. The number of nitrogens with two attached hydrogens (primary N) is 1. The molecule has 0 amide bonds. The van der Waals surface area contributed by atoms with Gasteiger partial charge in [0.15, 0.2) is 0 Å². The zero-order chi connectivity index (χ0) is 15.1. The van der Waals surface area contributed by atoms with Crippen LogP contribution in [-0.4, -0.2) is 31.3 Å². The van der Waals surface area contributed by atoms with Crippen molar-refractivity contribution in [3.05, 3.63) is 48.3 Å². The fourth-order valence-electron chi connectivity index (χ4n) is 1.95. The monoisotopic (exact) mass is 308 g/mol. The second-order valence-electron chi connectivity index (χ2n) is 4.70. The van der Waals surface area contributed by atoms with Crippen LogP contribution in [0.1, 0.15) is 12.0 Å². The largest absolute Gasteiger partial charge is 0.330 e. The summed E-state index contributed by atoms with van der Waals surface area (Å²) in [7, 11) is -3.47. The van der Waals surface area contributed by atoms with Gasteiger partial charge in [0.25, 0.3) is 0 Å². The Kier molecular flexibility index (Phi) is 5.49. The molecule has 6 nitrogen and oxygen atoms in total. The van der Waals surface area contributed by atoms with Gasteiger partial charge in [-0.05, 0) is 43.1 Å². The molecule has 1 heterocycles. The Morgan fingerprint density at radius 3 is 2.62 bits per heavy atom. The van der Waals surface area contributed by atoms with E-state index in [1.807, 2.05) is 12.1 Å². The van der Waals surface area contributed by atoms with Crippen LogP contribution in [0.2, 0.25) is 0 Å². The highest BCUT2D eigenvalue weighted by atomic mass is 32.2. The van der Waals surface area contributed by atoms with E-state index in [4.69, 9.17) is 5.73 Å². The SMILES string of the molecule is NCCCc1ccc(S(=O)(=O)NCCn2cccn2)cc1. The molecule has 1 aromatic carbocycles. The predicted octanol–water partition coefficient (Wildman–Crippen LogP) is 0.753. The standard InChI is InChI=1S/C14H20N4O2S/c15-8-1-3-13-4-6-14(7-5-13)21(19,20)17-10-12-18-11-2-9-16-18/h2,4-7,9,11,17H,1,3,8,10,12,15H2. The topological polar surface area (TPSA) is 90.0 Å². The molecule has 1 aromatic heterocycles. The Morgan fingerprint density at radius 2 is 2.00 bits per heavy atom. The van der Waals surface area contributed by atoms with E-state index < -0.39 is 10.0 Å². The number of sulfonamides is 1. The second-order valence-corrected chi connectivity index (χ2v) is 6.47. The fourth-order valence-corrected chi connectivity index (χ4v) is 2.97. The van der Waals surface area contributed by atoms with Crippen LogP contribution in [0.5, 0.6) is 0 Å². The van der Waals surface area contributed by atoms with E-state index in [2.05, 4.69) is 9.82 Å². The lowest BCUT2D eigenvalue weighted by Crippen LogP contribution is -2.27. The molecular formula is C14H20N4O2S. The van der Waals surface area contributed by atoms with Crippen molar-refractivity contribution in [3.8, 4) is 0 Å². The Balaban J connectivity index is 1.92. The molecule has 0 fully saturated rings. The average Bonchev–Trinajstić information content (AvgIpc) is 2.98. The van der Waals surface area contributed by atoms with Crippen LogP contribution < -0.4 is 10.5 Å². The van der Waals surface area contributed by atoms with E-state index >= 15 is 0 Å². The Hall–Kier alpha value is -1.70. The van der Waals surface area contributed by atoms with Gasteiger partial charge >= 0.3 is 0 Å². The maximum absolute atomic E-state index is 12.1. The second kappa shape index (κ2) is 7.35. The lowest BCUT2D eigenvalue weighted by atomic mass is 10.1. The number of aryl methyl sites for hydroxylation is 1. The zero-order valence-corrected chi connectivity index (χ0v) is 12.6. The van der Waals surface area contributed by atoms with Gasteiger partial charge < -0.3 is 5.73 Å². The van der Waals surface area contributed by atoms with Gasteiger partial charge in [0.2, 0.25) is 10.0 Å². The van der Waals surface area contributed by atoms with Crippen molar-refractivity contribution in [2.24, 2.45) is 5.73 Å². The van der Waals surface area contributed by atoms with Crippen molar-refractivity contribution < 1.29 is 8.42 Å². The van der Waals surface area contributed by atoms with Crippen molar-refractivity contribution in [1.29, 1.82) is 0 Å². The van der Waals surface area contributed by atoms with Crippen molar-refractivity contribution in [3.63, 3.8) is 0 Å². The molecule has 0 aliphatic heterocycles. The molecule has 0 atom stereocenters. The van der Waals surface area contributed by atoms with Crippen molar-refractivity contribution in [1.82, 2.24) is 14.5 Å². The van der Waals surface area contributed by atoms with Crippen LogP contribution in [0.25, 0.3) is 0 Å². The van der Waals surface area contributed by atoms with Crippen molar-refractivity contribution >= 4 is 10.0 Å². The molecule has 21 heavy (non-hydrogen) atoms. The Morgan fingerprint density at radius 1 is 1.24 bits per heavy atom. The van der Waals surface area contributed by atoms with E-state index in [1.165, 1.54) is 0 Å². The van der Waals surface area contributed by atoms with E-state index in [0.29, 0.717) is 19.6 Å². The molecule has 0 saturated carbocycles. The number of rotatable bonds is 8. The van der Waals surface area contributed by atoms with E-state index in [-0.39, 0.29) is 4.90 Å². The third kappa shape index (κ3) is 4.66. The van der Waals surface area contributed by atoms with Gasteiger partial charge in [-0.2, -0.15) is 5.10 Å². The third-order valence-corrected chi connectivity index (χ3v) is 4.57. The minimum atomic E-state index is -3.47. The highest BCUT2D eigenvalue weighted by Gasteiger charge is 2.12. The molecule has 0 bridgehead atoms. The number of hydrogen-bond donors (Lipinski definition) is 2. The maximum atomic E-state index is 12.1. The van der Waals surface area contributed by atoms with Crippen LogP contribution in [0.15, 0.2) is 47.6 Å². The molecule has 2 aromatic rings. The van der Waals surface area contributed by atoms with E-state index in [1.54, 1.807) is 35.3 Å². The predicted molar refractivity (Wildman–Crippen MR) is 81.2 cm³/mol. The normalized spacial score (nSPS) is 11.7. The number of hydrogen-bond acceptors (Lipinski definition) is 4. The van der Waals surface area contributed by atoms with Gasteiger partial charge in [0.1, 0.15) is 0 Å². The van der Waals surface area contributed by atoms with Gasteiger partial charge in [-0.3, -0.25) is 4.68 Å². The molecular weight excluding hydrogens is 288 g/mol. The zero-order valence-electron chi connectivity index (χ0n) is 11.8. The number of nitrogens with one attached hydrogen (secondary N) is 1. The molecule has 0 aliphatic carbocycles. The van der Waals surface area contributed by atoms with Crippen LogP contribution in [0, 0.1) is 0 Å². The highest BCUT2D eigenvalue weighted by Crippen LogP contribution is 2.11. The summed E-state index contributed by atoms with van der Waals surface area (Å²) in [6.07, 6.45) is 5.22. The first-order valence-corrected chi connectivity index (χ1v) is 8.36. The first-order valence-electron chi connectivity index (χ1n) is 6.88. The summed E-state index contributed by atoms with van der Waals surface area (Å²) in [5, 5.41) is 4.02. The van der Waals surface area contributed by atoms with Gasteiger partial charge in [-0.15, -0.1) is 0 Å². The molecule has 0 saturated heterocycles. The summed E-state index contributed by atoms with van der Waals surface area (Å²) < 4.78 is 28.5. The van der Waals surface area contributed by atoms with Crippen LogP contribution in [0.4, 0.5) is 0 Å². The van der Waals surface area contributed by atoms with Gasteiger partial charge in [0, 0.05) is 18.9 Å². The third-order valence-electron chi connectivity index (χ3n) is 3.10. The van der Waals surface area contributed by atoms with Crippen LogP contribution in [0.3, 0.4) is 0 Å². The lowest BCUT2D eigenvalue weighted by Gasteiger charge is -2.08. The minimum Gasteiger partial charge on any atom is -0.330 e. The molecule has 114 valence electrons. The smallest absolute Gasteiger partial charge is 0.240 e. The van der Waals surface area contributed by atoms with Crippen molar-refractivity contribution in [2.45, 2.75) is 24.3 Å². The summed E-state index contributed by atoms with van der Waals surface area (Å²) >= 11 is 0. The quantitative estimate of drug-likeness (QED) is 0.753. The van der Waals surface area contributed by atoms with E-state index in [0.717, 1.165) is 18.4 Å². The Labute approximate surface area is 125 Å². The summed E-state index contributed by atoms with van der Waals surface area (Å²) in [5.41, 5.74) is 6.55. The summed E-state index contributed by atoms with van der Waals surface area (Å²) in [5.74, 6) is 0. The van der Waals surface area contributed by atoms with Crippen molar-refractivity contribution in [2.75, 3.05) is 13.1 Å². The first-order chi connectivity index (χ1) is 10.1. The van der Waals surface area contributed by atoms with E-state index in [9.17, 15) is 8.42 Å². The molecule has 3 N–H and O–H groups in total. The number of nitrogens with zero attached hydrogens (tertiary/aromatic N) is 2. The average molecular weight is 308 g/mol. The molecule has 0 spiro atoms. The summed E-state index contributed by atoms with van der Waals surface area (Å²) in [6.45, 7) is 1.44. The van der Waals surface area contributed by atoms with Gasteiger partial charge in [0.05, 0.1) is 11.4 Å². The molecule has 2 rings (SSSR count). The van der Waals surface area contributed by atoms with Gasteiger partial charge in [-0.1, -0.05) is 12.1 Å². The minimum absolute atomic E-state index is 0.277. The first kappa shape index (κ1) is 15.7. The van der Waals surface area contributed by atoms with Crippen LogP contribution >= 0.6 is 0 Å². The number of aromatic nitrogens is 2. The maximum Gasteiger partial charge on any atom is 0.240 e. The van der Waals surface area contributed by atoms with Gasteiger partial charge in [-0.25, -0.2) is 13.1 Å². The molecule has 0 unspecified atom stereocenters.